The van der Waals surface area contributed by atoms with Crippen LogP contribution in [0.4, 0.5) is 0 Å². The smallest absolute Gasteiger partial charge is 0.194 e. The molecule has 0 atom stereocenters. The summed E-state index contributed by atoms with van der Waals surface area (Å²) in [6.07, 6.45) is 1.63. The van der Waals surface area contributed by atoms with Crippen molar-refractivity contribution in [3.05, 3.63) is 41.2 Å². The van der Waals surface area contributed by atoms with Crippen LogP contribution in [-0.4, -0.2) is 53.6 Å². The second-order valence-corrected chi connectivity index (χ2v) is 6.36. The Labute approximate surface area is 148 Å². The lowest BCUT2D eigenvalue weighted by molar-refractivity contribution is 0.169. The van der Waals surface area contributed by atoms with E-state index in [1.54, 1.807) is 6.26 Å². The van der Waals surface area contributed by atoms with Crippen molar-refractivity contribution in [3.63, 3.8) is 0 Å². The summed E-state index contributed by atoms with van der Waals surface area (Å²) in [5, 5.41) is 7.40. The molecular weight excluding hydrogens is 318 g/mol. The predicted molar refractivity (Wildman–Crippen MR) is 96.4 cm³/mol. The van der Waals surface area contributed by atoms with Crippen LogP contribution in [-0.2, 0) is 13.1 Å². The third kappa shape index (κ3) is 4.63. The first-order chi connectivity index (χ1) is 12.2. The number of aliphatic imine (C=N–C) groups is 1. The molecule has 7 nitrogen and oxygen atoms in total. The van der Waals surface area contributed by atoms with E-state index in [0.29, 0.717) is 6.54 Å². The molecule has 0 spiro atoms. The molecule has 7 heteroatoms. The van der Waals surface area contributed by atoms with Crippen LogP contribution in [0.5, 0.6) is 0 Å². The van der Waals surface area contributed by atoms with Crippen molar-refractivity contribution >= 4 is 5.96 Å². The number of hydrogen-bond acceptors (Lipinski definition) is 5. The monoisotopic (exact) mass is 345 g/mol. The number of rotatable bonds is 5. The number of aryl methyl sites for hydroxylation is 2. The number of nitrogens with one attached hydrogen (secondary N) is 1. The van der Waals surface area contributed by atoms with Gasteiger partial charge in [0, 0.05) is 50.9 Å². The number of nitrogens with zero attached hydrogens (tertiary/aromatic N) is 4. The topological polar surface area (TPSA) is 70.0 Å². The van der Waals surface area contributed by atoms with Crippen LogP contribution in [0.25, 0.3) is 0 Å². The molecule has 1 aliphatic rings. The van der Waals surface area contributed by atoms with Crippen molar-refractivity contribution in [3.8, 4) is 0 Å². The molecule has 3 heterocycles. The molecule has 3 rings (SSSR count). The molecule has 2 aromatic rings. The van der Waals surface area contributed by atoms with Gasteiger partial charge in [-0.1, -0.05) is 5.16 Å². The summed E-state index contributed by atoms with van der Waals surface area (Å²) in [6, 6.07) is 3.99. The molecule has 25 heavy (non-hydrogen) atoms. The van der Waals surface area contributed by atoms with Gasteiger partial charge in [0.05, 0.1) is 12.2 Å². The highest BCUT2D eigenvalue weighted by Gasteiger charge is 2.20. The molecule has 0 saturated carbocycles. The van der Waals surface area contributed by atoms with E-state index in [1.807, 2.05) is 19.9 Å². The van der Waals surface area contributed by atoms with Crippen LogP contribution in [0.2, 0.25) is 0 Å². The average molecular weight is 345 g/mol. The van der Waals surface area contributed by atoms with E-state index in [2.05, 4.69) is 33.3 Å². The molecule has 1 N–H and O–H groups in total. The number of aromatic nitrogens is 1. The zero-order valence-corrected chi connectivity index (χ0v) is 15.3. The summed E-state index contributed by atoms with van der Waals surface area (Å²) in [4.78, 5) is 9.52. The van der Waals surface area contributed by atoms with E-state index in [0.717, 1.165) is 68.0 Å². The first-order valence-electron chi connectivity index (χ1n) is 8.86. The minimum absolute atomic E-state index is 0.644. The molecule has 0 amide bonds. The molecular formula is C18H27N5O2. The Bertz CT molecular complexity index is 684. The molecule has 1 aliphatic heterocycles. The molecule has 0 radical (unpaired) electrons. The van der Waals surface area contributed by atoms with Crippen molar-refractivity contribution in [1.82, 2.24) is 20.3 Å². The van der Waals surface area contributed by atoms with E-state index in [-0.39, 0.29) is 0 Å². The molecule has 0 aromatic carbocycles. The lowest BCUT2D eigenvalue weighted by Gasteiger charge is -2.36. The van der Waals surface area contributed by atoms with Gasteiger partial charge in [-0.05, 0) is 26.8 Å². The summed E-state index contributed by atoms with van der Waals surface area (Å²) in [7, 11) is 0. The summed E-state index contributed by atoms with van der Waals surface area (Å²) < 4.78 is 10.5. The third-order valence-corrected chi connectivity index (χ3v) is 4.43. The maximum absolute atomic E-state index is 5.59. The second-order valence-electron chi connectivity index (χ2n) is 6.36. The van der Waals surface area contributed by atoms with Gasteiger partial charge >= 0.3 is 0 Å². The molecule has 1 saturated heterocycles. The van der Waals surface area contributed by atoms with Gasteiger partial charge in [0.15, 0.2) is 5.96 Å². The fourth-order valence-electron chi connectivity index (χ4n) is 3.09. The van der Waals surface area contributed by atoms with Crippen molar-refractivity contribution in [1.29, 1.82) is 0 Å². The van der Waals surface area contributed by atoms with E-state index < -0.39 is 0 Å². The Morgan fingerprint density at radius 2 is 2.08 bits per heavy atom. The average Bonchev–Trinajstić information content (AvgIpc) is 3.22. The Balaban J connectivity index is 1.57. The van der Waals surface area contributed by atoms with Crippen LogP contribution in [0, 0.1) is 13.8 Å². The Kier molecular flexibility index (Phi) is 5.75. The first-order valence-corrected chi connectivity index (χ1v) is 8.86. The van der Waals surface area contributed by atoms with Crippen LogP contribution >= 0.6 is 0 Å². The fourth-order valence-corrected chi connectivity index (χ4v) is 3.09. The largest absolute Gasteiger partial charge is 0.466 e. The zero-order chi connectivity index (χ0) is 17.6. The fraction of sp³-hybridized carbons (Fsp3) is 0.556. The highest BCUT2D eigenvalue weighted by molar-refractivity contribution is 5.80. The van der Waals surface area contributed by atoms with Crippen LogP contribution in [0.15, 0.2) is 32.3 Å². The highest BCUT2D eigenvalue weighted by atomic mass is 16.5. The predicted octanol–water partition coefficient (Wildman–Crippen LogP) is 2.17. The van der Waals surface area contributed by atoms with Gasteiger partial charge in [-0.2, -0.15) is 0 Å². The van der Waals surface area contributed by atoms with Gasteiger partial charge in [0.25, 0.3) is 0 Å². The Morgan fingerprint density at radius 1 is 1.28 bits per heavy atom. The highest BCUT2D eigenvalue weighted by Crippen LogP contribution is 2.15. The van der Waals surface area contributed by atoms with Gasteiger partial charge < -0.3 is 19.2 Å². The van der Waals surface area contributed by atoms with E-state index >= 15 is 0 Å². The normalized spacial score (nSPS) is 16.4. The van der Waals surface area contributed by atoms with Gasteiger partial charge in [-0.25, -0.2) is 4.99 Å². The molecule has 0 bridgehead atoms. The lowest BCUT2D eigenvalue weighted by atomic mass is 10.2. The minimum atomic E-state index is 0.644. The van der Waals surface area contributed by atoms with Gasteiger partial charge in [0.1, 0.15) is 17.8 Å². The SMILES string of the molecule is CCNC(=NCc1cc(C)oc1C)N1CCN(Cc2ccon2)CC1. The summed E-state index contributed by atoms with van der Waals surface area (Å²) >= 11 is 0. The third-order valence-electron chi connectivity index (χ3n) is 4.43. The van der Waals surface area contributed by atoms with E-state index in [1.165, 1.54) is 0 Å². The zero-order valence-electron chi connectivity index (χ0n) is 15.3. The van der Waals surface area contributed by atoms with Crippen molar-refractivity contribution in [2.45, 2.75) is 33.9 Å². The van der Waals surface area contributed by atoms with Crippen LogP contribution in [0.3, 0.4) is 0 Å². The molecule has 2 aromatic heterocycles. The van der Waals surface area contributed by atoms with Crippen molar-refractivity contribution < 1.29 is 8.94 Å². The summed E-state index contributed by atoms with van der Waals surface area (Å²) in [5.74, 6) is 2.87. The molecule has 0 unspecified atom stereocenters. The van der Waals surface area contributed by atoms with E-state index in [4.69, 9.17) is 13.9 Å². The molecule has 0 aliphatic carbocycles. The maximum Gasteiger partial charge on any atom is 0.194 e. The van der Waals surface area contributed by atoms with Crippen LogP contribution in [0.1, 0.15) is 29.7 Å². The Hall–Kier alpha value is -2.28. The number of furan rings is 1. The van der Waals surface area contributed by atoms with E-state index in [9.17, 15) is 0 Å². The van der Waals surface area contributed by atoms with Crippen molar-refractivity contribution in [2.75, 3.05) is 32.7 Å². The van der Waals surface area contributed by atoms with Gasteiger partial charge in [0.2, 0.25) is 0 Å². The Morgan fingerprint density at radius 3 is 2.68 bits per heavy atom. The second kappa shape index (κ2) is 8.20. The van der Waals surface area contributed by atoms with Crippen LogP contribution < -0.4 is 5.32 Å². The standard InChI is InChI=1S/C18H27N5O2/c1-4-19-18(20-12-16-11-14(2)25-15(16)3)23-8-6-22(7-9-23)13-17-5-10-24-21-17/h5,10-11H,4,6-9,12-13H2,1-3H3,(H,19,20). The first kappa shape index (κ1) is 17.5. The molecule has 1 fully saturated rings. The lowest BCUT2D eigenvalue weighted by Crippen LogP contribution is -2.52. The van der Waals surface area contributed by atoms with Gasteiger partial charge in [-0.15, -0.1) is 0 Å². The quantitative estimate of drug-likeness (QED) is 0.661. The summed E-state index contributed by atoms with van der Waals surface area (Å²) in [5.41, 5.74) is 2.14. The number of hydrogen-bond donors (Lipinski definition) is 1. The number of piperazine rings is 1. The minimum Gasteiger partial charge on any atom is -0.466 e. The van der Waals surface area contributed by atoms with Gasteiger partial charge in [-0.3, -0.25) is 4.90 Å². The van der Waals surface area contributed by atoms with Crippen molar-refractivity contribution in [2.24, 2.45) is 4.99 Å². The summed E-state index contributed by atoms with van der Waals surface area (Å²) in [6.45, 7) is 12.3. The number of guanidine groups is 1. The maximum atomic E-state index is 5.59. The molecule has 136 valence electrons.